The predicted molar refractivity (Wildman–Crippen MR) is 61.0 cm³/mol. The lowest BCUT2D eigenvalue weighted by atomic mass is 9.90. The predicted octanol–water partition coefficient (Wildman–Crippen LogP) is 0.496. The molecule has 1 rings (SSSR count). The molecule has 0 aromatic rings. The van der Waals surface area contributed by atoms with E-state index < -0.39 is 0 Å². The minimum atomic E-state index is 0.220. The zero-order valence-corrected chi connectivity index (χ0v) is 9.73. The van der Waals surface area contributed by atoms with E-state index in [0.717, 1.165) is 38.9 Å². The van der Waals surface area contributed by atoms with Crippen molar-refractivity contribution in [3.05, 3.63) is 0 Å². The van der Waals surface area contributed by atoms with Crippen LogP contribution >= 0.6 is 0 Å². The number of nitrogens with zero attached hydrogens (tertiary/aromatic N) is 1. The number of ketones is 1. The first-order valence-electron chi connectivity index (χ1n) is 5.99. The van der Waals surface area contributed by atoms with E-state index in [4.69, 9.17) is 11.0 Å². The summed E-state index contributed by atoms with van der Waals surface area (Å²) in [6.45, 7) is 3.51. The van der Waals surface area contributed by atoms with Gasteiger partial charge in [-0.2, -0.15) is 0 Å². The summed E-state index contributed by atoms with van der Waals surface area (Å²) in [7, 11) is 0. The molecule has 1 aliphatic rings. The number of piperidine rings is 1. The molecule has 0 aromatic heterocycles. The topological polar surface area (TPSA) is 75.8 Å². The van der Waals surface area contributed by atoms with Crippen LogP contribution in [0.2, 0.25) is 0 Å². The van der Waals surface area contributed by atoms with Crippen LogP contribution < -0.4 is 5.73 Å². The van der Waals surface area contributed by atoms with Gasteiger partial charge in [0.1, 0.15) is 5.78 Å². The van der Waals surface area contributed by atoms with Gasteiger partial charge in [-0.15, -0.1) is 0 Å². The second kappa shape index (κ2) is 7.73. The Balaban J connectivity index is 2.18. The molecule has 1 heterocycles. The van der Waals surface area contributed by atoms with Crippen LogP contribution in [0.3, 0.4) is 0 Å². The van der Waals surface area contributed by atoms with E-state index in [-0.39, 0.29) is 5.92 Å². The molecule has 1 saturated heterocycles. The van der Waals surface area contributed by atoms with Crippen molar-refractivity contribution in [2.45, 2.75) is 25.7 Å². The first-order chi connectivity index (χ1) is 7.77. The van der Waals surface area contributed by atoms with Crippen LogP contribution in [-0.4, -0.2) is 48.7 Å². The van der Waals surface area contributed by atoms with Gasteiger partial charge < -0.3 is 10.6 Å². The Morgan fingerprint density at radius 3 is 2.69 bits per heavy atom. The van der Waals surface area contributed by atoms with Gasteiger partial charge in [-0.05, 0) is 38.9 Å². The number of hydrogen-bond donors (Lipinski definition) is 2. The first-order valence-corrected chi connectivity index (χ1v) is 5.99. The van der Waals surface area contributed by atoms with E-state index in [2.05, 4.69) is 9.79 Å². The lowest BCUT2D eigenvalue weighted by Gasteiger charge is -2.30. The van der Waals surface area contributed by atoms with Crippen molar-refractivity contribution in [1.29, 1.82) is 0 Å². The lowest BCUT2D eigenvalue weighted by molar-refractivity contribution is -0.244. The summed E-state index contributed by atoms with van der Waals surface area (Å²) in [6.07, 6.45) is 3.28. The molecule has 0 amide bonds. The first kappa shape index (κ1) is 13.6. The third kappa shape index (κ3) is 4.57. The highest BCUT2D eigenvalue weighted by Crippen LogP contribution is 2.19. The van der Waals surface area contributed by atoms with Crippen LogP contribution in [0.5, 0.6) is 0 Å². The van der Waals surface area contributed by atoms with E-state index in [9.17, 15) is 4.79 Å². The SMILES string of the molecule is NCCCC(=O)C1CCN(CCOO)CC1. The van der Waals surface area contributed by atoms with Crippen molar-refractivity contribution < 1.29 is 14.9 Å². The maximum atomic E-state index is 11.7. The molecule has 16 heavy (non-hydrogen) atoms. The van der Waals surface area contributed by atoms with E-state index in [1.54, 1.807) is 0 Å². The van der Waals surface area contributed by atoms with Crippen LogP contribution in [0.15, 0.2) is 0 Å². The zero-order valence-electron chi connectivity index (χ0n) is 9.73. The third-order valence-corrected chi connectivity index (χ3v) is 3.17. The normalized spacial score (nSPS) is 18.9. The molecule has 0 unspecified atom stereocenters. The van der Waals surface area contributed by atoms with Crippen LogP contribution in [-0.2, 0) is 9.68 Å². The number of nitrogens with two attached hydrogens (primary N) is 1. The minimum absolute atomic E-state index is 0.220. The van der Waals surface area contributed by atoms with Gasteiger partial charge in [-0.1, -0.05) is 0 Å². The molecule has 0 bridgehead atoms. The summed E-state index contributed by atoms with van der Waals surface area (Å²) in [4.78, 5) is 18.0. The second-order valence-electron chi connectivity index (χ2n) is 4.31. The summed E-state index contributed by atoms with van der Waals surface area (Å²) in [6, 6.07) is 0. The monoisotopic (exact) mass is 230 g/mol. The van der Waals surface area contributed by atoms with E-state index in [1.807, 2.05) is 0 Å². The fraction of sp³-hybridized carbons (Fsp3) is 0.909. The van der Waals surface area contributed by atoms with Gasteiger partial charge in [0.05, 0.1) is 6.61 Å². The second-order valence-corrected chi connectivity index (χ2v) is 4.31. The molecule has 3 N–H and O–H groups in total. The number of hydrogen-bond acceptors (Lipinski definition) is 5. The van der Waals surface area contributed by atoms with Gasteiger partial charge in [0.15, 0.2) is 0 Å². The molecule has 0 atom stereocenters. The minimum Gasteiger partial charge on any atom is -0.330 e. The highest BCUT2D eigenvalue weighted by molar-refractivity contribution is 5.81. The third-order valence-electron chi connectivity index (χ3n) is 3.17. The molecule has 1 fully saturated rings. The molecule has 5 nitrogen and oxygen atoms in total. The Hall–Kier alpha value is -0.490. The summed E-state index contributed by atoms with van der Waals surface area (Å²) < 4.78 is 0. The number of rotatable bonds is 7. The van der Waals surface area contributed by atoms with Crippen LogP contribution in [0.25, 0.3) is 0 Å². The van der Waals surface area contributed by atoms with Crippen molar-refractivity contribution >= 4 is 5.78 Å². The van der Waals surface area contributed by atoms with Crippen molar-refractivity contribution in [2.75, 3.05) is 32.8 Å². The molecule has 0 radical (unpaired) electrons. The van der Waals surface area contributed by atoms with Crippen molar-refractivity contribution in [1.82, 2.24) is 4.90 Å². The molecule has 0 aliphatic carbocycles. The highest BCUT2D eigenvalue weighted by atomic mass is 17.1. The quantitative estimate of drug-likeness (QED) is 0.492. The average molecular weight is 230 g/mol. The molecule has 5 heteroatoms. The van der Waals surface area contributed by atoms with Gasteiger partial charge in [-0.3, -0.25) is 10.1 Å². The van der Waals surface area contributed by atoms with E-state index in [1.165, 1.54) is 0 Å². The Labute approximate surface area is 96.5 Å². The maximum absolute atomic E-state index is 11.7. The van der Waals surface area contributed by atoms with E-state index in [0.29, 0.717) is 25.4 Å². The standard InChI is InChI=1S/C11H22N2O3/c12-5-1-2-11(14)10-3-6-13(7-4-10)8-9-16-15/h10,15H,1-9,12H2. The Morgan fingerprint density at radius 1 is 1.44 bits per heavy atom. The molecule has 0 aromatic carbocycles. The fourth-order valence-corrected chi connectivity index (χ4v) is 2.13. The Bertz CT molecular complexity index is 203. The zero-order chi connectivity index (χ0) is 11.8. The van der Waals surface area contributed by atoms with Gasteiger partial charge in [0.2, 0.25) is 0 Å². The van der Waals surface area contributed by atoms with E-state index >= 15 is 0 Å². The maximum Gasteiger partial charge on any atom is 0.136 e. The molecule has 94 valence electrons. The smallest absolute Gasteiger partial charge is 0.136 e. The highest BCUT2D eigenvalue weighted by Gasteiger charge is 2.23. The lowest BCUT2D eigenvalue weighted by Crippen LogP contribution is -2.38. The molecular weight excluding hydrogens is 208 g/mol. The van der Waals surface area contributed by atoms with Gasteiger partial charge in [0, 0.05) is 18.9 Å². The molecule has 1 aliphatic heterocycles. The van der Waals surface area contributed by atoms with Gasteiger partial charge in [-0.25, -0.2) is 4.89 Å². The molecular formula is C11H22N2O3. The van der Waals surface area contributed by atoms with Crippen molar-refractivity contribution in [3.8, 4) is 0 Å². The summed E-state index contributed by atoms with van der Waals surface area (Å²) in [5.41, 5.74) is 5.39. The summed E-state index contributed by atoms with van der Waals surface area (Å²) in [5, 5.41) is 8.24. The average Bonchev–Trinajstić information content (AvgIpc) is 2.34. The molecule has 0 saturated carbocycles. The van der Waals surface area contributed by atoms with Crippen molar-refractivity contribution in [2.24, 2.45) is 11.7 Å². The van der Waals surface area contributed by atoms with Gasteiger partial charge >= 0.3 is 0 Å². The fourth-order valence-electron chi connectivity index (χ4n) is 2.13. The largest absolute Gasteiger partial charge is 0.330 e. The number of carbonyl (C=O) groups is 1. The molecule has 0 spiro atoms. The summed E-state index contributed by atoms with van der Waals surface area (Å²) >= 11 is 0. The van der Waals surface area contributed by atoms with Crippen molar-refractivity contribution in [3.63, 3.8) is 0 Å². The Morgan fingerprint density at radius 2 is 2.12 bits per heavy atom. The number of carbonyl (C=O) groups excluding carboxylic acids is 1. The van der Waals surface area contributed by atoms with Gasteiger partial charge in [0.25, 0.3) is 0 Å². The summed E-state index contributed by atoms with van der Waals surface area (Å²) in [5.74, 6) is 0.585. The van der Waals surface area contributed by atoms with Crippen LogP contribution in [0.1, 0.15) is 25.7 Å². The van der Waals surface area contributed by atoms with Crippen LogP contribution in [0, 0.1) is 5.92 Å². The number of likely N-dealkylation sites (tertiary alicyclic amines) is 1. The number of Topliss-reactive ketones (excluding diaryl/α,β-unsaturated/α-hetero) is 1. The Kier molecular flexibility index (Phi) is 6.56. The van der Waals surface area contributed by atoms with Crippen LogP contribution in [0.4, 0.5) is 0 Å².